The van der Waals surface area contributed by atoms with Crippen molar-refractivity contribution in [2.24, 2.45) is 10.4 Å². The molecule has 1 aromatic carbocycles. The zero-order valence-electron chi connectivity index (χ0n) is 14.8. The van der Waals surface area contributed by atoms with E-state index in [1.165, 1.54) is 18.4 Å². The molecule has 0 spiro atoms. The second-order valence-electron chi connectivity index (χ2n) is 7.34. The first-order chi connectivity index (χ1) is 11.1. The van der Waals surface area contributed by atoms with Gasteiger partial charge in [-0.15, -0.1) is 24.0 Å². The Kier molecular flexibility index (Phi) is 6.92. The summed E-state index contributed by atoms with van der Waals surface area (Å²) in [4.78, 5) is 4.36. The molecule has 5 heteroatoms. The molecule has 4 nitrogen and oxygen atoms in total. The maximum atomic E-state index is 5.83. The van der Waals surface area contributed by atoms with Crippen LogP contribution in [0.1, 0.15) is 38.2 Å². The van der Waals surface area contributed by atoms with Crippen LogP contribution in [0.25, 0.3) is 0 Å². The number of hydrogen-bond acceptors (Lipinski definition) is 2. The summed E-state index contributed by atoms with van der Waals surface area (Å²) in [6.07, 6.45) is 6.03. The fourth-order valence-corrected chi connectivity index (χ4v) is 3.36. The fourth-order valence-electron chi connectivity index (χ4n) is 3.36. The van der Waals surface area contributed by atoms with Crippen LogP contribution < -0.4 is 10.6 Å². The van der Waals surface area contributed by atoms with Crippen LogP contribution in [0.4, 0.5) is 0 Å². The van der Waals surface area contributed by atoms with E-state index in [4.69, 9.17) is 4.74 Å². The molecule has 1 aliphatic heterocycles. The number of guanidine groups is 1. The summed E-state index contributed by atoms with van der Waals surface area (Å²) in [7, 11) is 1.84. The Morgan fingerprint density at radius 2 is 1.83 bits per heavy atom. The lowest BCUT2D eigenvalue weighted by Crippen LogP contribution is -2.46. The summed E-state index contributed by atoms with van der Waals surface area (Å²) < 4.78 is 5.83. The number of hydrogen-bond donors (Lipinski definition) is 2. The van der Waals surface area contributed by atoms with Crippen LogP contribution in [-0.4, -0.2) is 38.3 Å². The van der Waals surface area contributed by atoms with Crippen molar-refractivity contribution >= 4 is 29.9 Å². The topological polar surface area (TPSA) is 45.7 Å². The molecule has 24 heavy (non-hydrogen) atoms. The third-order valence-electron chi connectivity index (χ3n) is 5.16. The predicted molar refractivity (Wildman–Crippen MR) is 110 cm³/mol. The van der Waals surface area contributed by atoms with Crippen molar-refractivity contribution in [2.45, 2.75) is 44.6 Å². The van der Waals surface area contributed by atoms with E-state index in [0.29, 0.717) is 5.41 Å². The molecule has 1 saturated carbocycles. The van der Waals surface area contributed by atoms with Gasteiger partial charge < -0.3 is 15.4 Å². The molecule has 1 saturated heterocycles. The van der Waals surface area contributed by atoms with Crippen LogP contribution in [0.2, 0.25) is 0 Å². The van der Waals surface area contributed by atoms with Crippen molar-refractivity contribution < 1.29 is 4.74 Å². The Morgan fingerprint density at radius 3 is 2.42 bits per heavy atom. The first kappa shape index (κ1) is 19.5. The van der Waals surface area contributed by atoms with Crippen molar-refractivity contribution in [3.05, 3.63) is 35.9 Å². The summed E-state index contributed by atoms with van der Waals surface area (Å²) in [5, 5.41) is 6.95. The van der Waals surface area contributed by atoms with E-state index >= 15 is 0 Å². The van der Waals surface area contributed by atoms with E-state index in [-0.39, 0.29) is 29.6 Å². The number of nitrogens with one attached hydrogen (secondary N) is 2. The third-order valence-corrected chi connectivity index (χ3v) is 5.16. The van der Waals surface area contributed by atoms with Gasteiger partial charge in [0.05, 0.1) is 5.60 Å². The van der Waals surface area contributed by atoms with Crippen molar-refractivity contribution in [1.29, 1.82) is 0 Å². The number of benzene rings is 1. The molecular weight excluding hydrogens is 413 g/mol. The molecule has 0 aromatic heterocycles. The number of rotatable bonds is 6. The van der Waals surface area contributed by atoms with Crippen LogP contribution >= 0.6 is 24.0 Å². The first-order valence-corrected chi connectivity index (χ1v) is 8.76. The van der Waals surface area contributed by atoms with Gasteiger partial charge in [-0.2, -0.15) is 0 Å². The lowest BCUT2D eigenvalue weighted by Gasteiger charge is -2.25. The van der Waals surface area contributed by atoms with Crippen molar-refractivity contribution in [2.75, 3.05) is 26.7 Å². The average molecular weight is 443 g/mol. The van der Waals surface area contributed by atoms with E-state index < -0.39 is 0 Å². The van der Waals surface area contributed by atoms with Gasteiger partial charge in [0.25, 0.3) is 0 Å². The summed E-state index contributed by atoms with van der Waals surface area (Å²) in [6.45, 7) is 4.86. The Labute approximate surface area is 162 Å². The van der Waals surface area contributed by atoms with Gasteiger partial charge in [-0.1, -0.05) is 30.3 Å². The highest BCUT2D eigenvalue weighted by Crippen LogP contribution is 2.47. The van der Waals surface area contributed by atoms with Crippen molar-refractivity contribution in [1.82, 2.24) is 10.6 Å². The molecule has 0 amide bonds. The Bertz CT molecular complexity index is 537. The van der Waals surface area contributed by atoms with E-state index in [1.54, 1.807) is 0 Å². The Hall–Kier alpha value is -0.820. The van der Waals surface area contributed by atoms with Crippen LogP contribution in [0, 0.1) is 5.41 Å². The molecule has 2 N–H and O–H groups in total. The monoisotopic (exact) mass is 443 g/mol. The highest BCUT2D eigenvalue weighted by atomic mass is 127. The van der Waals surface area contributed by atoms with Gasteiger partial charge >= 0.3 is 0 Å². The SMILES string of the molecule is CN=C(NCC1(Cc2ccccc2)CC1)NCC1(C)CCCO1.I. The van der Waals surface area contributed by atoms with Crippen LogP contribution in [0.15, 0.2) is 35.3 Å². The molecule has 1 aromatic rings. The maximum Gasteiger partial charge on any atom is 0.191 e. The average Bonchev–Trinajstić information content (AvgIpc) is 3.19. The maximum absolute atomic E-state index is 5.83. The summed E-state index contributed by atoms with van der Waals surface area (Å²) in [6, 6.07) is 10.8. The molecule has 1 aliphatic carbocycles. The smallest absolute Gasteiger partial charge is 0.191 e. The molecule has 2 fully saturated rings. The minimum Gasteiger partial charge on any atom is -0.373 e. The minimum atomic E-state index is -0.0427. The van der Waals surface area contributed by atoms with Crippen LogP contribution in [0.3, 0.4) is 0 Å². The molecular formula is C19H30IN3O. The number of halogens is 1. The van der Waals surface area contributed by atoms with Gasteiger partial charge in [0.1, 0.15) is 0 Å². The van der Waals surface area contributed by atoms with E-state index in [9.17, 15) is 0 Å². The quantitative estimate of drug-likeness (QED) is 0.403. The Morgan fingerprint density at radius 1 is 1.12 bits per heavy atom. The first-order valence-electron chi connectivity index (χ1n) is 8.76. The molecule has 1 atom stereocenters. The Balaban J connectivity index is 0.00000208. The van der Waals surface area contributed by atoms with Gasteiger partial charge in [-0.3, -0.25) is 4.99 Å². The number of aliphatic imine (C=N–C) groups is 1. The lowest BCUT2D eigenvalue weighted by atomic mass is 9.96. The van der Waals surface area contributed by atoms with Crippen molar-refractivity contribution in [3.63, 3.8) is 0 Å². The summed E-state index contributed by atoms with van der Waals surface area (Å²) in [5.41, 5.74) is 1.80. The normalized spacial score (nSPS) is 25.0. The van der Waals surface area contributed by atoms with Gasteiger partial charge in [-0.25, -0.2) is 0 Å². The van der Waals surface area contributed by atoms with E-state index in [1.807, 2.05) is 7.05 Å². The molecule has 0 radical (unpaired) electrons. The third kappa shape index (κ3) is 5.34. The highest BCUT2D eigenvalue weighted by molar-refractivity contribution is 14.0. The predicted octanol–water partition coefficient (Wildman–Crippen LogP) is 3.36. The molecule has 1 unspecified atom stereocenters. The number of ether oxygens (including phenoxy) is 1. The van der Waals surface area contributed by atoms with Crippen LogP contribution in [-0.2, 0) is 11.2 Å². The van der Waals surface area contributed by atoms with E-state index in [2.05, 4.69) is 52.9 Å². The van der Waals surface area contributed by atoms with Gasteiger partial charge in [0, 0.05) is 26.7 Å². The number of nitrogens with zero attached hydrogens (tertiary/aromatic N) is 1. The van der Waals surface area contributed by atoms with Gasteiger partial charge in [0.15, 0.2) is 5.96 Å². The minimum absolute atomic E-state index is 0. The van der Waals surface area contributed by atoms with Crippen molar-refractivity contribution in [3.8, 4) is 0 Å². The van der Waals surface area contributed by atoms with Crippen LogP contribution in [0.5, 0.6) is 0 Å². The second-order valence-corrected chi connectivity index (χ2v) is 7.34. The largest absolute Gasteiger partial charge is 0.373 e. The molecule has 1 heterocycles. The molecule has 134 valence electrons. The molecule has 3 rings (SSSR count). The second kappa shape index (κ2) is 8.52. The summed E-state index contributed by atoms with van der Waals surface area (Å²) in [5.74, 6) is 0.890. The van der Waals surface area contributed by atoms with E-state index in [0.717, 1.165) is 44.9 Å². The van der Waals surface area contributed by atoms with Gasteiger partial charge in [0.2, 0.25) is 0 Å². The zero-order valence-corrected chi connectivity index (χ0v) is 17.1. The van der Waals surface area contributed by atoms with Gasteiger partial charge in [-0.05, 0) is 50.0 Å². The standard InChI is InChI=1S/C19H29N3O.HI/c1-18(9-6-12-23-18)14-21-17(20-2)22-15-19(10-11-19)13-16-7-4-3-5-8-16;/h3-5,7-8H,6,9-15H2,1-2H3,(H2,20,21,22);1H. The lowest BCUT2D eigenvalue weighted by molar-refractivity contribution is 0.0242. The zero-order chi connectivity index (χ0) is 16.2. The molecule has 2 aliphatic rings. The fraction of sp³-hybridized carbons (Fsp3) is 0.632. The molecule has 0 bridgehead atoms. The summed E-state index contributed by atoms with van der Waals surface area (Å²) >= 11 is 0. The highest BCUT2D eigenvalue weighted by Gasteiger charge is 2.42.